The molecular weight excluding hydrogens is 635 g/mol. The Morgan fingerprint density at radius 1 is 0.750 bits per heavy atom. The van der Waals surface area contributed by atoms with Crippen molar-refractivity contribution in [2.75, 3.05) is 6.61 Å². The zero-order chi connectivity index (χ0) is 32.6. The van der Waals surface area contributed by atoms with Crippen LogP contribution in [0.4, 0.5) is 0 Å². The molecule has 242 valence electrons. The van der Waals surface area contributed by atoms with Gasteiger partial charge in [0.1, 0.15) is 12.2 Å². The van der Waals surface area contributed by atoms with Crippen molar-refractivity contribution in [3.63, 3.8) is 0 Å². The predicted octanol–water partition coefficient (Wildman–Crippen LogP) is 4.67. The number of hydrogen-bond donors (Lipinski definition) is 0. The van der Waals surface area contributed by atoms with E-state index in [1.54, 1.807) is 6.07 Å². The number of ether oxygens (including phenoxy) is 1. The first-order valence-corrected chi connectivity index (χ1v) is 29.4. The fraction of sp³-hybridized carbons (Fsp3) is 0.625. The molecule has 1 aliphatic rings. The Labute approximate surface area is 288 Å². The number of hydrogen-bond acceptors (Lipinski definition) is 6. The van der Waals surface area contributed by atoms with E-state index in [1.807, 2.05) is 12.1 Å². The van der Waals surface area contributed by atoms with E-state index in [1.165, 1.54) is 5.56 Å². The molecular formula is C32H54ClLiO6Si4. The molecule has 1 fully saturated rings. The molecule has 0 bridgehead atoms. The monoisotopic (exact) mass is 688 g/mol. The van der Waals surface area contributed by atoms with Crippen LogP contribution in [0.1, 0.15) is 22.3 Å². The van der Waals surface area contributed by atoms with Crippen molar-refractivity contribution in [3.05, 3.63) is 69.7 Å². The van der Waals surface area contributed by atoms with Crippen LogP contribution in [-0.2, 0) is 34.6 Å². The van der Waals surface area contributed by atoms with E-state index in [0.717, 1.165) is 11.1 Å². The molecule has 1 saturated heterocycles. The average molecular weight is 690 g/mol. The molecule has 0 aliphatic carbocycles. The second-order valence-corrected chi connectivity index (χ2v) is 34.1. The van der Waals surface area contributed by atoms with E-state index in [4.69, 9.17) is 34.0 Å². The minimum Gasteiger partial charge on any atom is -0.823 e. The Balaban J connectivity index is 0.00000675. The van der Waals surface area contributed by atoms with Gasteiger partial charge in [0, 0.05) is 10.8 Å². The number of aryl methyl sites for hydroxylation is 1. The van der Waals surface area contributed by atoms with E-state index in [0.29, 0.717) is 17.0 Å². The van der Waals surface area contributed by atoms with Crippen molar-refractivity contribution in [2.24, 2.45) is 0 Å². The third-order valence-electron chi connectivity index (χ3n) is 6.79. The fourth-order valence-corrected chi connectivity index (χ4v) is 9.20. The summed E-state index contributed by atoms with van der Waals surface area (Å²) in [5.41, 5.74) is 3.66. The van der Waals surface area contributed by atoms with Gasteiger partial charge in [-0.3, -0.25) is 0 Å². The SMILES string of the molecule is Cc1ccc(Cc2cc(C3([O-])O[C@H](CO[Si](C)(C)C)[C@H](O[Si](C)(C)C)[C@H](O[Si](C)(C)C)[C@H]3O[Si](C)(C)C)ccc2Cl)cc1.[Li+]. The molecule has 1 aliphatic heterocycles. The molecule has 0 spiro atoms. The quantitative estimate of drug-likeness (QED) is 0.302. The van der Waals surface area contributed by atoms with Gasteiger partial charge in [0.15, 0.2) is 33.3 Å². The Kier molecular flexibility index (Phi) is 13.7. The minimum atomic E-state index is -2.27. The van der Waals surface area contributed by atoms with Gasteiger partial charge in [0.25, 0.3) is 0 Å². The van der Waals surface area contributed by atoms with E-state index in [-0.39, 0.29) is 25.5 Å². The van der Waals surface area contributed by atoms with Crippen molar-refractivity contribution in [1.29, 1.82) is 0 Å². The topological polar surface area (TPSA) is 69.2 Å². The van der Waals surface area contributed by atoms with Gasteiger partial charge >= 0.3 is 18.9 Å². The van der Waals surface area contributed by atoms with Crippen LogP contribution in [0.3, 0.4) is 0 Å². The zero-order valence-electron chi connectivity index (χ0n) is 29.6. The summed E-state index contributed by atoms with van der Waals surface area (Å²) in [6.07, 6.45) is -2.08. The second-order valence-electron chi connectivity index (χ2n) is 15.8. The second kappa shape index (κ2) is 15.0. The Bertz CT molecular complexity index is 1220. The summed E-state index contributed by atoms with van der Waals surface area (Å²) >= 11 is 6.73. The molecule has 1 heterocycles. The molecule has 0 amide bonds. The first-order valence-electron chi connectivity index (χ1n) is 15.4. The summed E-state index contributed by atoms with van der Waals surface area (Å²) in [7, 11) is -8.51. The number of benzene rings is 2. The molecule has 3 rings (SSSR count). The normalized spacial score (nSPS) is 25.1. The van der Waals surface area contributed by atoms with Crippen LogP contribution in [0.2, 0.25) is 83.6 Å². The third-order valence-corrected chi connectivity index (χ3v) is 11.1. The smallest absolute Gasteiger partial charge is 0.823 e. The Hall–Kier alpha value is -0.0451. The summed E-state index contributed by atoms with van der Waals surface area (Å²) in [6.45, 7) is 27.9. The Morgan fingerprint density at radius 3 is 1.77 bits per heavy atom. The van der Waals surface area contributed by atoms with Crippen LogP contribution < -0.4 is 24.0 Å². The summed E-state index contributed by atoms with van der Waals surface area (Å²) < 4.78 is 33.7. The molecule has 2 aromatic rings. The van der Waals surface area contributed by atoms with Gasteiger partial charge in [0.05, 0.1) is 18.8 Å². The van der Waals surface area contributed by atoms with Crippen LogP contribution in [-0.4, -0.2) is 64.3 Å². The third kappa shape index (κ3) is 11.9. The van der Waals surface area contributed by atoms with Crippen molar-refractivity contribution < 1.29 is 46.4 Å². The van der Waals surface area contributed by atoms with Crippen LogP contribution in [0.5, 0.6) is 0 Å². The summed E-state index contributed by atoms with van der Waals surface area (Å²) in [5.74, 6) is -2.07. The molecule has 0 N–H and O–H groups in total. The van der Waals surface area contributed by atoms with Crippen molar-refractivity contribution >= 4 is 44.9 Å². The van der Waals surface area contributed by atoms with E-state index in [9.17, 15) is 0 Å². The van der Waals surface area contributed by atoms with Crippen LogP contribution in [0.25, 0.3) is 0 Å². The van der Waals surface area contributed by atoms with Crippen molar-refractivity contribution in [2.45, 2.75) is 122 Å². The van der Waals surface area contributed by atoms with Gasteiger partial charge in [0.2, 0.25) is 0 Å². The van der Waals surface area contributed by atoms with Gasteiger partial charge in [-0.25, -0.2) is 0 Å². The van der Waals surface area contributed by atoms with Crippen molar-refractivity contribution in [1.82, 2.24) is 0 Å². The summed E-state index contributed by atoms with van der Waals surface area (Å²) in [4.78, 5) is 0. The van der Waals surface area contributed by atoms with Gasteiger partial charge in [-0.15, -0.1) is 0 Å². The molecule has 2 aromatic carbocycles. The maximum atomic E-state index is 15.5. The van der Waals surface area contributed by atoms with E-state index in [2.05, 4.69) is 110 Å². The van der Waals surface area contributed by atoms with Crippen molar-refractivity contribution in [3.8, 4) is 0 Å². The van der Waals surface area contributed by atoms with E-state index >= 15 is 5.11 Å². The number of rotatable bonds is 12. The molecule has 5 atom stereocenters. The molecule has 6 nitrogen and oxygen atoms in total. The van der Waals surface area contributed by atoms with Crippen LogP contribution >= 0.6 is 11.6 Å². The van der Waals surface area contributed by atoms with Crippen LogP contribution in [0.15, 0.2) is 42.5 Å². The standard InChI is InChI=1S/C32H54ClO6Si4.Li/c1-23-14-16-24(17-15-23)20-25-21-26(18-19-27(25)33)32(34)31(39-43(11,12)13)30(38-42(8,9)10)29(37-41(5,6)7)28(36-32)22-35-40(2,3)4;/h14-19,21,28-31H,20,22H2,1-13H3;/q-1;+1/t28-,29+,30+,31-,32?;/m1./s1. The number of halogens is 1. The zero-order valence-corrected chi connectivity index (χ0v) is 34.3. The summed E-state index contributed by atoms with van der Waals surface area (Å²) in [5, 5.41) is 16.1. The van der Waals surface area contributed by atoms with Crippen LogP contribution in [0, 0.1) is 6.92 Å². The van der Waals surface area contributed by atoms with Gasteiger partial charge < -0.3 is 27.5 Å². The molecule has 12 heteroatoms. The molecule has 44 heavy (non-hydrogen) atoms. The largest absolute Gasteiger partial charge is 1.00 e. The minimum absolute atomic E-state index is 0. The van der Waals surface area contributed by atoms with E-state index < -0.39 is 63.5 Å². The molecule has 1 unspecified atom stereocenters. The molecule has 0 radical (unpaired) electrons. The van der Waals surface area contributed by atoms with Gasteiger partial charge in [-0.05, 0) is 115 Å². The predicted molar refractivity (Wildman–Crippen MR) is 186 cm³/mol. The maximum Gasteiger partial charge on any atom is 1.00 e. The average Bonchev–Trinajstić information content (AvgIpc) is 2.82. The maximum absolute atomic E-state index is 15.5. The molecule has 0 aromatic heterocycles. The first-order chi connectivity index (χ1) is 19.5. The Morgan fingerprint density at radius 2 is 1.27 bits per heavy atom. The summed E-state index contributed by atoms with van der Waals surface area (Å²) in [6, 6.07) is 13.9. The fourth-order valence-electron chi connectivity index (χ4n) is 5.12. The molecule has 0 saturated carbocycles. The van der Waals surface area contributed by atoms with Gasteiger partial charge in [-0.1, -0.05) is 53.6 Å². The first kappa shape index (κ1) is 40.1. The van der Waals surface area contributed by atoms with Gasteiger partial charge in [-0.2, -0.15) is 0 Å².